The number of ether oxygens (including phenoxy) is 1. The molecule has 1 saturated heterocycles. The molecular formula is C17H19N3O2. The third kappa shape index (κ3) is 3.90. The Kier molecular flexibility index (Phi) is 4.78. The molecular weight excluding hydrogens is 278 g/mol. The standard InChI is InChI=1S/C17H19N3O2/c21-17-7-6-16(19-18-15-4-2-1-3-5-15)12-14(17)13-20-8-10-22-11-9-20/h1-7,12,21H,8-11,13H2/b19-18+. The molecule has 5 nitrogen and oxygen atoms in total. The molecule has 1 aliphatic heterocycles. The number of morpholine rings is 1. The lowest BCUT2D eigenvalue weighted by molar-refractivity contribution is 0.0339. The van der Waals surface area contributed by atoms with Crippen LogP contribution in [0, 0.1) is 0 Å². The molecule has 0 amide bonds. The first-order chi connectivity index (χ1) is 10.8. The molecule has 2 aromatic rings. The summed E-state index contributed by atoms with van der Waals surface area (Å²) >= 11 is 0. The highest BCUT2D eigenvalue weighted by molar-refractivity contribution is 5.47. The van der Waals surface area contributed by atoms with Crippen LogP contribution in [0.1, 0.15) is 5.56 Å². The summed E-state index contributed by atoms with van der Waals surface area (Å²) in [6.45, 7) is 3.95. The van der Waals surface area contributed by atoms with Crippen LogP contribution in [0.15, 0.2) is 58.8 Å². The van der Waals surface area contributed by atoms with E-state index >= 15 is 0 Å². The van der Waals surface area contributed by atoms with Crippen molar-refractivity contribution in [1.82, 2.24) is 4.90 Å². The lowest BCUT2D eigenvalue weighted by Gasteiger charge is -2.26. The van der Waals surface area contributed by atoms with Crippen molar-refractivity contribution in [2.24, 2.45) is 10.2 Å². The molecule has 0 atom stereocenters. The van der Waals surface area contributed by atoms with E-state index < -0.39 is 0 Å². The van der Waals surface area contributed by atoms with Crippen LogP contribution in [0.2, 0.25) is 0 Å². The summed E-state index contributed by atoms with van der Waals surface area (Å²) in [5, 5.41) is 18.5. The van der Waals surface area contributed by atoms with Gasteiger partial charge < -0.3 is 9.84 Å². The summed E-state index contributed by atoms with van der Waals surface area (Å²) in [7, 11) is 0. The Morgan fingerprint density at radius 2 is 1.68 bits per heavy atom. The summed E-state index contributed by atoms with van der Waals surface area (Å²) in [4.78, 5) is 2.26. The van der Waals surface area contributed by atoms with E-state index in [9.17, 15) is 5.11 Å². The van der Waals surface area contributed by atoms with Gasteiger partial charge in [0.15, 0.2) is 0 Å². The molecule has 0 saturated carbocycles. The van der Waals surface area contributed by atoms with Crippen LogP contribution in [0.25, 0.3) is 0 Å². The van der Waals surface area contributed by atoms with E-state index in [1.165, 1.54) is 0 Å². The second-order valence-electron chi connectivity index (χ2n) is 5.24. The zero-order chi connectivity index (χ0) is 15.2. The molecule has 3 rings (SSSR count). The van der Waals surface area contributed by atoms with Crippen molar-refractivity contribution < 1.29 is 9.84 Å². The maximum atomic E-state index is 10.0. The number of hydrogen-bond donors (Lipinski definition) is 1. The molecule has 114 valence electrons. The summed E-state index contributed by atoms with van der Waals surface area (Å²) in [5.74, 6) is 0.296. The van der Waals surface area contributed by atoms with Gasteiger partial charge in [-0.05, 0) is 30.3 Å². The van der Waals surface area contributed by atoms with E-state index in [4.69, 9.17) is 4.74 Å². The van der Waals surface area contributed by atoms with Crippen LogP contribution >= 0.6 is 0 Å². The zero-order valence-electron chi connectivity index (χ0n) is 12.4. The second-order valence-corrected chi connectivity index (χ2v) is 5.24. The van der Waals surface area contributed by atoms with Crippen molar-refractivity contribution in [2.45, 2.75) is 6.54 Å². The first kappa shape index (κ1) is 14.7. The highest BCUT2D eigenvalue weighted by Crippen LogP contribution is 2.26. The molecule has 1 heterocycles. The van der Waals surface area contributed by atoms with E-state index in [2.05, 4.69) is 15.1 Å². The van der Waals surface area contributed by atoms with Crippen molar-refractivity contribution in [3.05, 3.63) is 54.1 Å². The predicted octanol–water partition coefficient (Wildman–Crippen LogP) is 3.64. The van der Waals surface area contributed by atoms with Crippen LogP contribution in [0.5, 0.6) is 5.75 Å². The van der Waals surface area contributed by atoms with E-state index in [1.54, 1.807) is 12.1 Å². The second kappa shape index (κ2) is 7.15. The fourth-order valence-corrected chi connectivity index (χ4v) is 2.37. The molecule has 2 aromatic carbocycles. The van der Waals surface area contributed by atoms with Gasteiger partial charge in [0.1, 0.15) is 5.75 Å². The first-order valence-corrected chi connectivity index (χ1v) is 7.40. The number of phenolic OH excluding ortho intramolecular Hbond substituents is 1. The van der Waals surface area contributed by atoms with Crippen LogP contribution in [-0.4, -0.2) is 36.3 Å². The summed E-state index contributed by atoms with van der Waals surface area (Å²) < 4.78 is 5.34. The van der Waals surface area contributed by atoms with Gasteiger partial charge in [-0.1, -0.05) is 18.2 Å². The maximum Gasteiger partial charge on any atom is 0.120 e. The van der Waals surface area contributed by atoms with E-state index in [-0.39, 0.29) is 0 Å². The van der Waals surface area contributed by atoms with E-state index in [1.807, 2.05) is 36.4 Å². The van der Waals surface area contributed by atoms with Gasteiger partial charge in [0.25, 0.3) is 0 Å². The average molecular weight is 297 g/mol. The topological polar surface area (TPSA) is 57.4 Å². The van der Waals surface area contributed by atoms with Crippen molar-refractivity contribution >= 4 is 11.4 Å². The van der Waals surface area contributed by atoms with Gasteiger partial charge in [0.05, 0.1) is 24.6 Å². The SMILES string of the molecule is Oc1ccc(/N=N/c2ccccc2)cc1CN1CCOCC1. The van der Waals surface area contributed by atoms with Gasteiger partial charge in [0, 0.05) is 25.2 Å². The van der Waals surface area contributed by atoms with E-state index in [0.717, 1.165) is 43.2 Å². The minimum Gasteiger partial charge on any atom is -0.508 e. The number of phenols is 1. The smallest absolute Gasteiger partial charge is 0.120 e. The van der Waals surface area contributed by atoms with Crippen LogP contribution < -0.4 is 0 Å². The number of azo groups is 1. The molecule has 0 aliphatic carbocycles. The van der Waals surface area contributed by atoms with Gasteiger partial charge >= 0.3 is 0 Å². The number of benzene rings is 2. The Morgan fingerprint density at radius 1 is 0.955 bits per heavy atom. The molecule has 0 aromatic heterocycles. The molecule has 0 radical (unpaired) electrons. The number of rotatable bonds is 4. The van der Waals surface area contributed by atoms with Crippen molar-refractivity contribution in [3.63, 3.8) is 0 Å². The minimum atomic E-state index is 0.296. The number of aromatic hydroxyl groups is 1. The van der Waals surface area contributed by atoms with Gasteiger partial charge in [-0.3, -0.25) is 4.90 Å². The Morgan fingerprint density at radius 3 is 2.45 bits per heavy atom. The molecule has 0 unspecified atom stereocenters. The predicted molar refractivity (Wildman–Crippen MR) is 84.8 cm³/mol. The highest BCUT2D eigenvalue weighted by atomic mass is 16.5. The monoisotopic (exact) mass is 297 g/mol. The lowest BCUT2D eigenvalue weighted by Crippen LogP contribution is -2.35. The average Bonchev–Trinajstić information content (AvgIpc) is 2.57. The zero-order valence-corrected chi connectivity index (χ0v) is 12.4. The first-order valence-electron chi connectivity index (χ1n) is 7.40. The third-order valence-electron chi connectivity index (χ3n) is 3.60. The molecule has 22 heavy (non-hydrogen) atoms. The summed E-state index contributed by atoms with van der Waals surface area (Å²) in [6.07, 6.45) is 0. The molecule has 0 bridgehead atoms. The lowest BCUT2D eigenvalue weighted by atomic mass is 10.1. The highest BCUT2D eigenvalue weighted by Gasteiger charge is 2.13. The van der Waals surface area contributed by atoms with E-state index in [0.29, 0.717) is 12.3 Å². The Bertz CT molecular complexity index is 638. The third-order valence-corrected chi connectivity index (χ3v) is 3.60. The Balaban J connectivity index is 1.73. The van der Waals surface area contributed by atoms with Crippen molar-refractivity contribution in [3.8, 4) is 5.75 Å². The Labute approximate surface area is 129 Å². The Hall–Kier alpha value is -2.24. The van der Waals surface area contributed by atoms with Gasteiger partial charge in [-0.25, -0.2) is 0 Å². The normalized spacial score (nSPS) is 16.2. The van der Waals surface area contributed by atoms with Crippen molar-refractivity contribution in [1.29, 1.82) is 0 Å². The van der Waals surface area contributed by atoms with Crippen LogP contribution in [-0.2, 0) is 11.3 Å². The minimum absolute atomic E-state index is 0.296. The van der Waals surface area contributed by atoms with Gasteiger partial charge in [-0.2, -0.15) is 10.2 Å². The van der Waals surface area contributed by atoms with Gasteiger partial charge in [-0.15, -0.1) is 0 Å². The van der Waals surface area contributed by atoms with Crippen LogP contribution in [0.3, 0.4) is 0 Å². The molecule has 0 spiro atoms. The fraction of sp³-hybridized carbons (Fsp3) is 0.294. The number of hydrogen-bond acceptors (Lipinski definition) is 5. The fourth-order valence-electron chi connectivity index (χ4n) is 2.37. The van der Waals surface area contributed by atoms with Gasteiger partial charge in [0.2, 0.25) is 0 Å². The largest absolute Gasteiger partial charge is 0.508 e. The maximum absolute atomic E-state index is 10.0. The molecule has 5 heteroatoms. The van der Waals surface area contributed by atoms with Crippen LogP contribution in [0.4, 0.5) is 11.4 Å². The number of nitrogens with zero attached hydrogens (tertiary/aromatic N) is 3. The summed E-state index contributed by atoms with van der Waals surface area (Å²) in [6, 6.07) is 14.9. The quantitative estimate of drug-likeness (QED) is 0.877. The molecule has 1 fully saturated rings. The summed E-state index contributed by atoms with van der Waals surface area (Å²) in [5.41, 5.74) is 2.42. The molecule has 1 aliphatic rings. The van der Waals surface area contributed by atoms with Crippen molar-refractivity contribution in [2.75, 3.05) is 26.3 Å². The molecule has 1 N–H and O–H groups in total.